The molecule has 0 unspecified atom stereocenters. The van der Waals surface area contributed by atoms with Crippen LogP contribution in [0, 0.1) is 0 Å². The molecule has 1 nitrogen and oxygen atoms in total. The van der Waals surface area contributed by atoms with Crippen LogP contribution in [0.3, 0.4) is 0 Å². The maximum atomic E-state index is 12.8. The Hall–Kier alpha value is -3.48. The van der Waals surface area contributed by atoms with Crippen LogP contribution < -0.4 is 0 Å². The molecule has 4 aromatic carbocycles. The Bertz CT molecular complexity index is 1240. The normalized spacial score (nSPS) is 12.3. The maximum Gasteiger partial charge on any atom is 0.416 e. The predicted molar refractivity (Wildman–Crippen MR) is 106 cm³/mol. The van der Waals surface area contributed by atoms with Gasteiger partial charge in [0.05, 0.1) is 11.1 Å². The second-order valence-electron chi connectivity index (χ2n) is 7.05. The molecule has 0 radical (unpaired) electrons. The summed E-state index contributed by atoms with van der Waals surface area (Å²) in [6.07, 6.45) is -8.88. The number of phenols is 1. The molecule has 7 heteroatoms. The van der Waals surface area contributed by atoms with Crippen molar-refractivity contribution >= 4 is 10.8 Å². The van der Waals surface area contributed by atoms with Gasteiger partial charge < -0.3 is 5.11 Å². The Labute approximate surface area is 173 Å². The molecule has 0 aliphatic heterocycles. The average Bonchev–Trinajstić information content (AvgIpc) is 2.72. The molecule has 0 bridgehead atoms. The smallest absolute Gasteiger partial charge is 0.416 e. The van der Waals surface area contributed by atoms with Crippen LogP contribution in [0.25, 0.3) is 33.0 Å². The van der Waals surface area contributed by atoms with Crippen LogP contribution in [-0.2, 0) is 12.4 Å². The summed E-state index contributed by atoms with van der Waals surface area (Å²) < 4.78 is 76.8. The van der Waals surface area contributed by atoms with Gasteiger partial charge in [-0.15, -0.1) is 0 Å². The van der Waals surface area contributed by atoms with Gasteiger partial charge in [-0.2, -0.15) is 26.3 Å². The first kappa shape index (κ1) is 20.8. The fraction of sp³-hybridized carbons (Fsp3) is 0.0833. The highest BCUT2D eigenvalue weighted by Crippen LogP contribution is 2.39. The van der Waals surface area contributed by atoms with Gasteiger partial charge in [0.25, 0.3) is 0 Å². The van der Waals surface area contributed by atoms with Crippen LogP contribution >= 0.6 is 0 Å². The summed E-state index contributed by atoms with van der Waals surface area (Å²) in [5, 5.41) is 11.6. The molecule has 4 aromatic rings. The van der Waals surface area contributed by atoms with Crippen molar-refractivity contribution in [2.75, 3.05) is 0 Å². The van der Waals surface area contributed by atoms with Gasteiger partial charge in [-0.05, 0) is 63.9 Å². The highest BCUT2D eigenvalue weighted by molar-refractivity contribution is 6.01. The van der Waals surface area contributed by atoms with Crippen molar-refractivity contribution in [2.24, 2.45) is 0 Å². The third-order valence-electron chi connectivity index (χ3n) is 5.04. The van der Waals surface area contributed by atoms with E-state index in [2.05, 4.69) is 0 Å². The summed E-state index contributed by atoms with van der Waals surface area (Å²) in [6, 6.07) is 17.5. The van der Waals surface area contributed by atoms with Gasteiger partial charge in [-0.3, -0.25) is 0 Å². The number of halogens is 6. The van der Waals surface area contributed by atoms with Gasteiger partial charge in [-0.1, -0.05) is 42.5 Å². The van der Waals surface area contributed by atoms with Gasteiger partial charge in [0.1, 0.15) is 5.75 Å². The molecule has 0 aromatic heterocycles. The summed E-state index contributed by atoms with van der Waals surface area (Å²) in [5.41, 5.74) is 0.514. The van der Waals surface area contributed by atoms with E-state index < -0.39 is 23.5 Å². The van der Waals surface area contributed by atoms with Gasteiger partial charge >= 0.3 is 12.4 Å². The van der Waals surface area contributed by atoms with E-state index in [0.29, 0.717) is 33.0 Å². The Morgan fingerprint density at radius 3 is 1.52 bits per heavy atom. The van der Waals surface area contributed by atoms with E-state index >= 15 is 0 Å². The Morgan fingerprint density at radius 2 is 1.00 bits per heavy atom. The van der Waals surface area contributed by atoms with Crippen molar-refractivity contribution in [3.8, 4) is 28.0 Å². The SMILES string of the molecule is Oc1ccc2cc(-c3ccc(C(F)(F)F)cc3)ccc2c1-c1ccc(C(F)(F)F)cc1. The third kappa shape index (κ3) is 4.08. The molecule has 0 aliphatic rings. The largest absolute Gasteiger partial charge is 0.507 e. The van der Waals surface area contributed by atoms with E-state index in [1.165, 1.54) is 30.3 Å². The maximum absolute atomic E-state index is 12.8. The van der Waals surface area contributed by atoms with Crippen molar-refractivity contribution in [1.82, 2.24) is 0 Å². The molecule has 0 spiro atoms. The van der Waals surface area contributed by atoms with Gasteiger partial charge in [0.15, 0.2) is 0 Å². The van der Waals surface area contributed by atoms with Crippen LogP contribution in [-0.4, -0.2) is 5.11 Å². The number of phenolic OH excluding ortho intramolecular Hbond substituents is 1. The van der Waals surface area contributed by atoms with Gasteiger partial charge in [0.2, 0.25) is 0 Å². The quantitative estimate of drug-likeness (QED) is 0.319. The van der Waals surface area contributed by atoms with Crippen molar-refractivity contribution in [2.45, 2.75) is 12.4 Å². The summed E-state index contributed by atoms with van der Waals surface area (Å²) in [4.78, 5) is 0. The van der Waals surface area contributed by atoms with Gasteiger partial charge in [0, 0.05) is 5.56 Å². The Kier molecular flexibility index (Phi) is 4.92. The fourth-order valence-electron chi connectivity index (χ4n) is 3.48. The molecular formula is C24H14F6O. The fourth-order valence-corrected chi connectivity index (χ4v) is 3.48. The van der Waals surface area contributed by atoms with Crippen molar-refractivity contribution in [3.63, 3.8) is 0 Å². The van der Waals surface area contributed by atoms with E-state index in [-0.39, 0.29) is 5.75 Å². The molecule has 4 rings (SSSR count). The van der Waals surface area contributed by atoms with E-state index in [4.69, 9.17) is 0 Å². The lowest BCUT2D eigenvalue weighted by molar-refractivity contribution is -0.138. The molecule has 158 valence electrons. The molecule has 0 atom stereocenters. The van der Waals surface area contributed by atoms with Crippen molar-refractivity contribution in [1.29, 1.82) is 0 Å². The van der Waals surface area contributed by atoms with E-state index in [1.54, 1.807) is 24.3 Å². The van der Waals surface area contributed by atoms with Crippen LogP contribution in [0.4, 0.5) is 26.3 Å². The molecule has 31 heavy (non-hydrogen) atoms. The van der Waals surface area contributed by atoms with Crippen LogP contribution in [0.1, 0.15) is 11.1 Å². The average molecular weight is 432 g/mol. The molecule has 0 heterocycles. The van der Waals surface area contributed by atoms with Crippen LogP contribution in [0.15, 0.2) is 78.9 Å². The number of alkyl halides is 6. The minimum absolute atomic E-state index is 0.0884. The molecule has 0 saturated heterocycles. The molecule has 0 aliphatic carbocycles. The van der Waals surface area contributed by atoms with Crippen LogP contribution in [0.5, 0.6) is 5.75 Å². The molecular weight excluding hydrogens is 418 g/mol. The molecule has 0 amide bonds. The minimum Gasteiger partial charge on any atom is -0.507 e. The second-order valence-corrected chi connectivity index (χ2v) is 7.05. The van der Waals surface area contributed by atoms with E-state index in [9.17, 15) is 31.4 Å². The lowest BCUT2D eigenvalue weighted by Gasteiger charge is -2.13. The second kappa shape index (κ2) is 7.34. The standard InChI is InChI=1S/C24H14F6O/c25-23(26,27)18-7-1-14(2-8-18)16-5-11-20-17(13-16)6-12-21(31)22(20)15-3-9-19(10-4-15)24(28,29)30/h1-13,31H. The zero-order valence-corrected chi connectivity index (χ0v) is 15.7. The number of fused-ring (bicyclic) bond motifs is 1. The highest BCUT2D eigenvalue weighted by atomic mass is 19.4. The summed E-state index contributed by atoms with van der Waals surface area (Å²) in [7, 11) is 0. The molecule has 1 N–H and O–H groups in total. The Balaban J connectivity index is 1.77. The first-order valence-electron chi connectivity index (χ1n) is 9.15. The van der Waals surface area contributed by atoms with Crippen LogP contribution in [0.2, 0.25) is 0 Å². The summed E-state index contributed by atoms with van der Waals surface area (Å²) >= 11 is 0. The predicted octanol–water partition coefficient (Wildman–Crippen LogP) is 7.92. The zero-order chi connectivity index (χ0) is 22.4. The summed E-state index contributed by atoms with van der Waals surface area (Å²) in [5.74, 6) is -0.0884. The Morgan fingerprint density at radius 1 is 0.516 bits per heavy atom. The number of aromatic hydroxyl groups is 1. The zero-order valence-electron chi connectivity index (χ0n) is 15.7. The molecule has 0 saturated carbocycles. The number of benzene rings is 4. The van der Waals surface area contributed by atoms with Crippen molar-refractivity contribution < 1.29 is 31.4 Å². The van der Waals surface area contributed by atoms with E-state index in [0.717, 1.165) is 24.3 Å². The monoisotopic (exact) mass is 432 g/mol. The topological polar surface area (TPSA) is 20.2 Å². The first-order valence-corrected chi connectivity index (χ1v) is 9.15. The van der Waals surface area contributed by atoms with Crippen molar-refractivity contribution in [3.05, 3.63) is 90.0 Å². The highest BCUT2D eigenvalue weighted by Gasteiger charge is 2.31. The lowest BCUT2D eigenvalue weighted by atomic mass is 9.93. The summed E-state index contributed by atoms with van der Waals surface area (Å²) in [6.45, 7) is 0. The first-order chi connectivity index (χ1) is 14.5. The van der Waals surface area contributed by atoms with Gasteiger partial charge in [-0.25, -0.2) is 0 Å². The lowest BCUT2D eigenvalue weighted by Crippen LogP contribution is -2.04. The number of rotatable bonds is 2. The molecule has 0 fully saturated rings. The minimum atomic E-state index is -4.46. The number of hydrogen-bond acceptors (Lipinski definition) is 1. The third-order valence-corrected chi connectivity index (χ3v) is 5.04. The van der Waals surface area contributed by atoms with E-state index in [1.807, 2.05) is 0 Å². The number of hydrogen-bond donors (Lipinski definition) is 1.